The highest BCUT2D eigenvalue weighted by Crippen LogP contribution is 2.26. The quantitative estimate of drug-likeness (QED) is 0.358. The zero-order valence-electron chi connectivity index (χ0n) is 16.8. The van der Waals surface area contributed by atoms with E-state index in [9.17, 15) is 10.1 Å². The van der Waals surface area contributed by atoms with Gasteiger partial charge >= 0.3 is 11.8 Å². The van der Waals surface area contributed by atoms with E-state index in [0.717, 1.165) is 22.7 Å². The van der Waals surface area contributed by atoms with Crippen molar-refractivity contribution in [2.45, 2.75) is 19.6 Å². The van der Waals surface area contributed by atoms with Crippen LogP contribution in [0.4, 0.5) is 5.82 Å². The van der Waals surface area contributed by atoms with Crippen LogP contribution in [0.25, 0.3) is 22.7 Å². The molecule has 0 radical (unpaired) electrons. The first-order valence-electron chi connectivity index (χ1n) is 9.44. The van der Waals surface area contributed by atoms with Gasteiger partial charge in [-0.1, -0.05) is 11.2 Å². The first kappa shape index (κ1) is 20.1. The van der Waals surface area contributed by atoms with Gasteiger partial charge in [0.2, 0.25) is 0 Å². The van der Waals surface area contributed by atoms with Crippen molar-refractivity contribution >= 4 is 5.82 Å². The second kappa shape index (κ2) is 8.66. The average molecular weight is 421 g/mol. The highest BCUT2D eigenvalue weighted by Gasteiger charge is 2.28. The summed E-state index contributed by atoms with van der Waals surface area (Å²) < 4.78 is 17.3. The number of imidazole rings is 1. The molecule has 0 saturated heterocycles. The van der Waals surface area contributed by atoms with Crippen LogP contribution in [0.15, 0.2) is 65.4 Å². The van der Waals surface area contributed by atoms with Crippen molar-refractivity contribution in [3.63, 3.8) is 0 Å². The van der Waals surface area contributed by atoms with E-state index in [4.69, 9.17) is 14.0 Å². The fourth-order valence-corrected chi connectivity index (χ4v) is 2.99. The summed E-state index contributed by atoms with van der Waals surface area (Å²) in [4.78, 5) is 17.6. The SMILES string of the molecule is CC1Cn2cc([N+](=O)[O-])nc2O1.COc1ccc(-c2cc(-c3ccccn3)on2)cc1. The molecule has 0 spiro atoms. The van der Waals surface area contributed by atoms with Crippen molar-refractivity contribution in [3.8, 4) is 34.5 Å². The molecule has 31 heavy (non-hydrogen) atoms. The van der Waals surface area contributed by atoms with Crippen LogP contribution in [0.2, 0.25) is 0 Å². The standard InChI is InChI=1S/C15H12N2O2.C6H7N3O3/c1-18-12-7-5-11(6-8-12)14-10-15(19-17-14)13-4-2-3-9-16-13;1-4-2-8-3-5(9(10)11)7-6(8)12-4/h2-10H,1H3;3-4H,2H2,1H3. The third-order valence-corrected chi connectivity index (χ3v) is 4.49. The van der Waals surface area contributed by atoms with Crippen LogP contribution >= 0.6 is 0 Å². The number of hydrogen-bond acceptors (Lipinski definition) is 8. The van der Waals surface area contributed by atoms with E-state index >= 15 is 0 Å². The molecule has 0 aliphatic carbocycles. The average Bonchev–Trinajstić information content (AvgIpc) is 3.50. The van der Waals surface area contributed by atoms with Gasteiger partial charge in [0.1, 0.15) is 29.4 Å². The van der Waals surface area contributed by atoms with Crippen LogP contribution in [-0.2, 0) is 6.54 Å². The topological polar surface area (TPSA) is 118 Å². The molecule has 4 heterocycles. The lowest BCUT2D eigenvalue weighted by atomic mass is 10.1. The van der Waals surface area contributed by atoms with E-state index in [0.29, 0.717) is 18.3 Å². The minimum absolute atomic E-state index is 0.0632. The van der Waals surface area contributed by atoms with Crippen LogP contribution in [0, 0.1) is 10.1 Å². The number of pyridine rings is 1. The molecule has 1 aliphatic rings. The predicted molar refractivity (Wildman–Crippen MR) is 111 cm³/mol. The fraction of sp³-hybridized carbons (Fsp3) is 0.190. The maximum atomic E-state index is 10.3. The Balaban J connectivity index is 0.000000166. The Morgan fingerprint density at radius 2 is 2.00 bits per heavy atom. The molecule has 0 fully saturated rings. The largest absolute Gasteiger partial charge is 0.497 e. The van der Waals surface area contributed by atoms with E-state index in [1.165, 1.54) is 6.20 Å². The maximum Gasteiger partial charge on any atom is 0.414 e. The Morgan fingerprint density at radius 1 is 1.19 bits per heavy atom. The van der Waals surface area contributed by atoms with Crippen LogP contribution in [0.5, 0.6) is 11.8 Å². The number of aromatic nitrogens is 4. The highest BCUT2D eigenvalue weighted by molar-refractivity contribution is 5.65. The van der Waals surface area contributed by atoms with Crippen molar-refractivity contribution < 1.29 is 18.9 Å². The second-order valence-electron chi connectivity index (χ2n) is 6.74. The molecule has 0 N–H and O–H groups in total. The summed E-state index contributed by atoms with van der Waals surface area (Å²) >= 11 is 0. The molecule has 1 atom stereocenters. The molecule has 0 saturated carbocycles. The van der Waals surface area contributed by atoms with Crippen LogP contribution in [0.3, 0.4) is 0 Å². The lowest BCUT2D eigenvalue weighted by Gasteiger charge is -1.99. The number of fused-ring (bicyclic) bond motifs is 1. The molecule has 1 aliphatic heterocycles. The first-order chi connectivity index (χ1) is 15.0. The number of rotatable bonds is 4. The maximum absolute atomic E-state index is 10.3. The summed E-state index contributed by atoms with van der Waals surface area (Å²) in [6.45, 7) is 2.52. The number of nitrogens with zero attached hydrogens (tertiary/aromatic N) is 5. The lowest BCUT2D eigenvalue weighted by molar-refractivity contribution is -0.389. The second-order valence-corrected chi connectivity index (χ2v) is 6.74. The normalized spacial score (nSPS) is 14.2. The lowest BCUT2D eigenvalue weighted by Crippen LogP contribution is -2.08. The van der Waals surface area contributed by atoms with Gasteiger partial charge < -0.3 is 24.1 Å². The first-order valence-corrected chi connectivity index (χ1v) is 9.44. The third kappa shape index (κ3) is 4.53. The number of hydrogen-bond donors (Lipinski definition) is 0. The van der Waals surface area contributed by atoms with Crippen LogP contribution in [0.1, 0.15) is 6.92 Å². The Morgan fingerprint density at radius 3 is 2.65 bits per heavy atom. The predicted octanol–water partition coefficient (Wildman–Crippen LogP) is 3.98. The van der Waals surface area contributed by atoms with E-state index in [2.05, 4.69) is 15.1 Å². The van der Waals surface area contributed by atoms with Gasteiger partial charge in [-0.15, -0.1) is 0 Å². The van der Waals surface area contributed by atoms with Gasteiger partial charge in [-0.25, -0.2) is 0 Å². The zero-order valence-corrected chi connectivity index (χ0v) is 16.8. The van der Waals surface area contributed by atoms with Gasteiger partial charge in [-0.05, 0) is 48.2 Å². The van der Waals surface area contributed by atoms with Gasteiger partial charge in [-0.3, -0.25) is 9.55 Å². The smallest absolute Gasteiger partial charge is 0.414 e. The molecule has 1 aromatic carbocycles. The molecule has 10 nitrogen and oxygen atoms in total. The molecular weight excluding hydrogens is 402 g/mol. The molecule has 0 bridgehead atoms. The molecule has 0 amide bonds. The van der Waals surface area contributed by atoms with Crippen molar-refractivity contribution in [2.24, 2.45) is 0 Å². The summed E-state index contributed by atoms with van der Waals surface area (Å²) in [5, 5.41) is 14.3. The monoisotopic (exact) mass is 421 g/mol. The van der Waals surface area contributed by atoms with Crippen molar-refractivity contribution in [3.05, 3.63) is 71.0 Å². The van der Waals surface area contributed by atoms with Crippen LogP contribution in [-0.4, -0.2) is 37.8 Å². The molecule has 4 aromatic rings. The van der Waals surface area contributed by atoms with E-state index < -0.39 is 4.92 Å². The highest BCUT2D eigenvalue weighted by atomic mass is 16.6. The number of nitro groups is 1. The third-order valence-electron chi connectivity index (χ3n) is 4.49. The Bertz CT molecular complexity index is 1150. The molecule has 10 heteroatoms. The van der Waals surface area contributed by atoms with Crippen LogP contribution < -0.4 is 9.47 Å². The molecule has 3 aromatic heterocycles. The summed E-state index contributed by atoms with van der Waals surface area (Å²) in [5.41, 5.74) is 2.53. The Kier molecular flexibility index (Phi) is 5.61. The molecule has 158 valence electrons. The van der Waals surface area contributed by atoms with E-state index in [-0.39, 0.29) is 11.9 Å². The van der Waals surface area contributed by atoms with Gasteiger partial charge in [0.15, 0.2) is 5.76 Å². The van der Waals surface area contributed by atoms with Gasteiger partial charge in [0.05, 0.1) is 13.7 Å². The number of benzene rings is 1. The van der Waals surface area contributed by atoms with Gasteiger partial charge in [-0.2, -0.15) is 0 Å². The summed E-state index contributed by atoms with van der Waals surface area (Å²) in [5.74, 6) is 1.32. The molecular formula is C21H19N5O5. The Hall–Kier alpha value is -4.21. The zero-order chi connectivity index (χ0) is 21.8. The number of ether oxygens (including phenoxy) is 2. The Labute approximate surface area is 177 Å². The van der Waals surface area contributed by atoms with Crippen molar-refractivity contribution in [1.82, 2.24) is 19.7 Å². The molecule has 5 rings (SSSR count). The van der Waals surface area contributed by atoms with Crippen molar-refractivity contribution in [1.29, 1.82) is 0 Å². The van der Waals surface area contributed by atoms with Crippen molar-refractivity contribution in [2.75, 3.05) is 7.11 Å². The van der Waals surface area contributed by atoms with Gasteiger partial charge in [0, 0.05) is 22.8 Å². The minimum Gasteiger partial charge on any atom is -0.497 e. The summed E-state index contributed by atoms with van der Waals surface area (Å²) in [6.07, 6.45) is 3.18. The van der Waals surface area contributed by atoms with Gasteiger partial charge in [0.25, 0.3) is 0 Å². The summed E-state index contributed by atoms with van der Waals surface area (Å²) in [7, 11) is 1.64. The molecule has 1 unspecified atom stereocenters. The van der Waals surface area contributed by atoms with E-state index in [1.807, 2.05) is 55.5 Å². The van der Waals surface area contributed by atoms with E-state index in [1.54, 1.807) is 17.9 Å². The minimum atomic E-state index is -0.528. The summed E-state index contributed by atoms with van der Waals surface area (Å²) in [6, 6.07) is 15.6. The number of methoxy groups -OCH3 is 1. The fourth-order valence-electron chi connectivity index (χ4n) is 2.99.